The lowest BCUT2D eigenvalue weighted by Crippen LogP contribution is -2.63. The number of nitrogens with one attached hydrogen (secondary N) is 1. The van der Waals surface area contributed by atoms with Gasteiger partial charge in [-0.1, -0.05) is 29.3 Å². The van der Waals surface area contributed by atoms with Gasteiger partial charge in [-0.25, -0.2) is 0 Å². The fraction of sp³-hybridized carbons (Fsp3) is 0.625. The van der Waals surface area contributed by atoms with E-state index in [4.69, 9.17) is 23.2 Å². The van der Waals surface area contributed by atoms with Crippen molar-refractivity contribution in [3.63, 3.8) is 0 Å². The first kappa shape index (κ1) is 14.6. The van der Waals surface area contributed by atoms with Crippen molar-refractivity contribution in [2.75, 3.05) is 13.1 Å². The van der Waals surface area contributed by atoms with Crippen LogP contribution in [-0.2, 0) is 6.54 Å². The normalized spacial score (nSPS) is 31.5. The summed E-state index contributed by atoms with van der Waals surface area (Å²) in [6.45, 7) is 7.71. The molecule has 2 nitrogen and oxygen atoms in total. The average molecular weight is 313 g/mol. The van der Waals surface area contributed by atoms with Crippen molar-refractivity contribution in [2.45, 2.75) is 44.8 Å². The molecule has 2 aliphatic rings. The van der Waals surface area contributed by atoms with Gasteiger partial charge in [0.25, 0.3) is 0 Å². The van der Waals surface area contributed by atoms with Gasteiger partial charge in [0, 0.05) is 41.3 Å². The quantitative estimate of drug-likeness (QED) is 0.909. The lowest BCUT2D eigenvalue weighted by atomic mass is 9.89. The molecule has 0 radical (unpaired) electrons. The minimum Gasteiger partial charge on any atom is -0.311 e. The monoisotopic (exact) mass is 312 g/mol. The zero-order valence-electron chi connectivity index (χ0n) is 12.1. The third-order valence-corrected chi connectivity index (χ3v) is 5.45. The molecule has 2 unspecified atom stereocenters. The highest BCUT2D eigenvalue weighted by molar-refractivity contribution is 6.35. The Morgan fingerprint density at radius 3 is 2.75 bits per heavy atom. The number of hydrogen-bond acceptors (Lipinski definition) is 2. The summed E-state index contributed by atoms with van der Waals surface area (Å²) in [5, 5.41) is 5.12. The van der Waals surface area contributed by atoms with Gasteiger partial charge in [-0.05, 0) is 50.3 Å². The summed E-state index contributed by atoms with van der Waals surface area (Å²) in [7, 11) is 0. The summed E-state index contributed by atoms with van der Waals surface area (Å²) in [5.74, 6) is 0.827. The first-order valence-electron chi connectivity index (χ1n) is 7.41. The number of nitrogens with zero attached hydrogens (tertiary/aromatic N) is 1. The maximum Gasteiger partial charge on any atom is 0.0465 e. The summed E-state index contributed by atoms with van der Waals surface area (Å²) < 4.78 is 0. The molecule has 1 aromatic carbocycles. The summed E-state index contributed by atoms with van der Waals surface area (Å²) >= 11 is 12.3. The number of piperazine rings is 1. The molecule has 0 amide bonds. The molecule has 3 rings (SSSR count). The van der Waals surface area contributed by atoms with Crippen LogP contribution in [0, 0.1) is 5.92 Å². The number of benzene rings is 1. The van der Waals surface area contributed by atoms with Crippen LogP contribution < -0.4 is 5.32 Å². The third kappa shape index (κ3) is 2.85. The smallest absolute Gasteiger partial charge is 0.0465 e. The van der Waals surface area contributed by atoms with E-state index in [1.165, 1.54) is 18.4 Å². The van der Waals surface area contributed by atoms with Crippen molar-refractivity contribution < 1.29 is 0 Å². The zero-order chi connectivity index (χ0) is 14.3. The second-order valence-corrected chi connectivity index (χ2v) is 7.37. The average Bonchev–Trinajstić information content (AvgIpc) is 3.22. The Balaban J connectivity index is 1.82. The fourth-order valence-corrected chi connectivity index (χ4v) is 3.77. The van der Waals surface area contributed by atoms with Gasteiger partial charge in [-0.15, -0.1) is 0 Å². The van der Waals surface area contributed by atoms with Crippen LogP contribution >= 0.6 is 23.2 Å². The van der Waals surface area contributed by atoms with Crippen LogP contribution in [0.1, 0.15) is 32.3 Å². The first-order chi connectivity index (χ1) is 9.49. The van der Waals surface area contributed by atoms with E-state index in [0.29, 0.717) is 11.1 Å². The number of hydrogen-bond donors (Lipinski definition) is 1. The lowest BCUT2D eigenvalue weighted by Gasteiger charge is -2.48. The van der Waals surface area contributed by atoms with Crippen molar-refractivity contribution in [3.05, 3.63) is 33.8 Å². The van der Waals surface area contributed by atoms with E-state index in [-0.39, 0.29) is 5.54 Å². The zero-order valence-corrected chi connectivity index (χ0v) is 13.6. The minimum absolute atomic E-state index is 0.259. The Kier molecular flexibility index (Phi) is 4.02. The maximum atomic E-state index is 6.35. The lowest BCUT2D eigenvalue weighted by molar-refractivity contribution is 0.0312. The predicted molar refractivity (Wildman–Crippen MR) is 85.5 cm³/mol. The molecule has 0 aromatic heterocycles. The van der Waals surface area contributed by atoms with Crippen molar-refractivity contribution in [3.8, 4) is 0 Å². The van der Waals surface area contributed by atoms with Crippen molar-refractivity contribution in [1.82, 2.24) is 10.2 Å². The Hall–Kier alpha value is -0.280. The van der Waals surface area contributed by atoms with Gasteiger partial charge >= 0.3 is 0 Å². The Morgan fingerprint density at radius 1 is 1.35 bits per heavy atom. The van der Waals surface area contributed by atoms with E-state index in [9.17, 15) is 0 Å². The molecule has 1 aliphatic carbocycles. The molecule has 20 heavy (non-hydrogen) atoms. The second-order valence-electron chi connectivity index (χ2n) is 6.53. The molecule has 1 aromatic rings. The molecule has 4 heteroatoms. The summed E-state index contributed by atoms with van der Waals surface area (Å²) in [6.07, 6.45) is 2.72. The largest absolute Gasteiger partial charge is 0.311 e. The molecular formula is C16H22Cl2N2. The Bertz CT molecular complexity index is 501. The van der Waals surface area contributed by atoms with Crippen LogP contribution in [0.4, 0.5) is 0 Å². The van der Waals surface area contributed by atoms with Gasteiger partial charge in [-0.2, -0.15) is 0 Å². The van der Waals surface area contributed by atoms with Gasteiger partial charge in [0.1, 0.15) is 0 Å². The van der Waals surface area contributed by atoms with Crippen LogP contribution in [0.3, 0.4) is 0 Å². The highest BCUT2D eigenvalue weighted by atomic mass is 35.5. The van der Waals surface area contributed by atoms with E-state index < -0.39 is 0 Å². The van der Waals surface area contributed by atoms with Crippen LogP contribution in [0.2, 0.25) is 10.0 Å². The van der Waals surface area contributed by atoms with Crippen LogP contribution in [0.15, 0.2) is 18.2 Å². The molecule has 110 valence electrons. The fourth-order valence-electron chi connectivity index (χ4n) is 3.30. The van der Waals surface area contributed by atoms with E-state index >= 15 is 0 Å². The predicted octanol–water partition coefficient (Wildman–Crippen LogP) is 3.96. The van der Waals surface area contributed by atoms with Gasteiger partial charge < -0.3 is 5.32 Å². The highest BCUT2D eigenvalue weighted by Gasteiger charge is 2.47. The molecule has 2 atom stereocenters. The van der Waals surface area contributed by atoms with Gasteiger partial charge in [-0.3, -0.25) is 4.90 Å². The molecule has 1 N–H and O–H groups in total. The summed E-state index contributed by atoms with van der Waals surface area (Å²) in [5.41, 5.74) is 1.44. The topological polar surface area (TPSA) is 15.3 Å². The molecule has 1 saturated carbocycles. The molecule has 1 heterocycles. The second kappa shape index (κ2) is 5.49. The molecule has 2 fully saturated rings. The standard InChI is InChI=1S/C16H22Cl2N2/c1-11-8-20(16(2,10-19-11)13-4-5-13)9-12-3-6-14(17)7-15(12)18/h3,6-7,11,13,19H,4-5,8-10H2,1-2H3. The minimum atomic E-state index is 0.259. The first-order valence-corrected chi connectivity index (χ1v) is 8.17. The van der Waals surface area contributed by atoms with Crippen LogP contribution in [0.5, 0.6) is 0 Å². The maximum absolute atomic E-state index is 6.35. The van der Waals surface area contributed by atoms with Crippen LogP contribution in [-0.4, -0.2) is 29.6 Å². The highest BCUT2D eigenvalue weighted by Crippen LogP contribution is 2.44. The van der Waals surface area contributed by atoms with E-state index in [0.717, 1.165) is 30.6 Å². The van der Waals surface area contributed by atoms with Gasteiger partial charge in [0.15, 0.2) is 0 Å². The summed E-state index contributed by atoms with van der Waals surface area (Å²) in [4.78, 5) is 2.61. The van der Waals surface area contributed by atoms with E-state index in [1.54, 1.807) is 0 Å². The Labute approximate surface area is 131 Å². The van der Waals surface area contributed by atoms with Crippen LogP contribution in [0.25, 0.3) is 0 Å². The molecule has 1 aliphatic heterocycles. The summed E-state index contributed by atoms with van der Waals surface area (Å²) in [6, 6.07) is 6.37. The molecule has 0 spiro atoms. The van der Waals surface area contributed by atoms with Gasteiger partial charge in [0.2, 0.25) is 0 Å². The van der Waals surface area contributed by atoms with Crippen molar-refractivity contribution in [1.29, 1.82) is 0 Å². The number of rotatable bonds is 3. The van der Waals surface area contributed by atoms with Crippen molar-refractivity contribution >= 4 is 23.2 Å². The molecule has 1 saturated heterocycles. The SMILES string of the molecule is CC1CN(Cc2ccc(Cl)cc2Cl)C(C)(C2CC2)CN1. The van der Waals surface area contributed by atoms with Gasteiger partial charge in [0.05, 0.1) is 0 Å². The van der Waals surface area contributed by atoms with E-state index in [1.807, 2.05) is 12.1 Å². The van der Waals surface area contributed by atoms with Crippen molar-refractivity contribution in [2.24, 2.45) is 5.92 Å². The molecular weight excluding hydrogens is 291 g/mol. The van der Waals surface area contributed by atoms with E-state index in [2.05, 4.69) is 30.1 Å². The number of halogens is 2. The third-order valence-electron chi connectivity index (χ3n) is 4.86. The molecule has 0 bridgehead atoms. The Morgan fingerprint density at radius 2 is 2.10 bits per heavy atom.